The molecular weight excluding hydrogens is 272 g/mol. The van der Waals surface area contributed by atoms with Crippen molar-refractivity contribution < 1.29 is 4.74 Å². The molecule has 0 spiro atoms. The highest BCUT2D eigenvalue weighted by Gasteiger charge is 2.32. The number of rotatable bonds is 4. The fraction of sp³-hybridized carbons (Fsp3) is 0.375. The lowest BCUT2D eigenvalue weighted by molar-refractivity contribution is -0.0215. The van der Waals surface area contributed by atoms with E-state index in [1.54, 1.807) is 0 Å². The second kappa shape index (κ2) is 5.90. The van der Waals surface area contributed by atoms with Crippen LogP contribution in [-0.4, -0.2) is 16.1 Å². The lowest BCUT2D eigenvalue weighted by atomic mass is 9.80. The monoisotopic (exact) mass is 288 g/mol. The first kappa shape index (κ1) is 13.5. The fourth-order valence-corrected chi connectivity index (χ4v) is 2.73. The number of nitrogens with zero attached hydrogens (tertiary/aromatic N) is 2. The molecular formula is C16H17ClN2O. The Morgan fingerprint density at radius 3 is 2.65 bits per heavy atom. The molecule has 104 valence electrons. The van der Waals surface area contributed by atoms with E-state index in [0.29, 0.717) is 23.8 Å². The molecule has 0 N–H and O–H groups in total. The van der Waals surface area contributed by atoms with E-state index in [1.165, 1.54) is 5.56 Å². The van der Waals surface area contributed by atoms with Gasteiger partial charge in [0.15, 0.2) is 0 Å². The molecule has 0 unspecified atom stereocenters. The maximum absolute atomic E-state index is 5.97. The summed E-state index contributed by atoms with van der Waals surface area (Å²) < 4.78 is 5.90. The third kappa shape index (κ3) is 3.17. The third-order valence-corrected chi connectivity index (χ3v) is 3.86. The highest BCUT2D eigenvalue weighted by Crippen LogP contribution is 2.38. The van der Waals surface area contributed by atoms with Gasteiger partial charge in [0.1, 0.15) is 11.0 Å². The minimum atomic E-state index is 0.328. The van der Waals surface area contributed by atoms with Crippen molar-refractivity contribution in [3.8, 4) is 0 Å². The predicted octanol–water partition coefficient (Wildman–Crippen LogP) is 3.90. The average molecular weight is 289 g/mol. The van der Waals surface area contributed by atoms with Crippen LogP contribution in [0.5, 0.6) is 0 Å². The summed E-state index contributed by atoms with van der Waals surface area (Å²) in [6, 6.07) is 12.1. The van der Waals surface area contributed by atoms with Crippen molar-refractivity contribution in [1.29, 1.82) is 0 Å². The van der Waals surface area contributed by atoms with E-state index in [0.717, 1.165) is 24.4 Å². The number of benzene rings is 1. The zero-order chi connectivity index (χ0) is 13.9. The Morgan fingerprint density at radius 1 is 1.20 bits per heavy atom. The Morgan fingerprint density at radius 2 is 1.95 bits per heavy atom. The summed E-state index contributed by atoms with van der Waals surface area (Å²) in [7, 11) is 0. The molecule has 3 rings (SSSR count). The molecule has 0 amide bonds. The normalized spacial score (nSPS) is 21.5. The van der Waals surface area contributed by atoms with Crippen molar-refractivity contribution in [2.45, 2.75) is 38.4 Å². The minimum Gasteiger partial charge on any atom is -0.373 e. The molecule has 1 fully saturated rings. The molecule has 0 aliphatic heterocycles. The molecule has 0 radical (unpaired) electrons. The van der Waals surface area contributed by atoms with Gasteiger partial charge in [0, 0.05) is 11.6 Å². The smallest absolute Gasteiger partial charge is 0.133 e. The molecule has 1 saturated carbocycles. The van der Waals surface area contributed by atoms with Crippen molar-refractivity contribution in [1.82, 2.24) is 9.97 Å². The van der Waals surface area contributed by atoms with Gasteiger partial charge in [-0.1, -0.05) is 41.9 Å². The summed E-state index contributed by atoms with van der Waals surface area (Å²) in [4.78, 5) is 8.55. The summed E-state index contributed by atoms with van der Waals surface area (Å²) in [5.41, 5.74) is 2.26. The van der Waals surface area contributed by atoms with Gasteiger partial charge in [-0.15, -0.1) is 0 Å². The van der Waals surface area contributed by atoms with Gasteiger partial charge in [-0.2, -0.15) is 0 Å². The second-order valence-electron chi connectivity index (χ2n) is 5.25. The van der Waals surface area contributed by atoms with Crippen LogP contribution in [0, 0.1) is 6.92 Å². The van der Waals surface area contributed by atoms with E-state index in [4.69, 9.17) is 16.3 Å². The molecule has 20 heavy (non-hydrogen) atoms. The molecule has 1 aliphatic rings. The van der Waals surface area contributed by atoms with Crippen molar-refractivity contribution in [3.05, 3.63) is 58.6 Å². The van der Waals surface area contributed by atoms with Crippen LogP contribution in [0.15, 0.2) is 36.4 Å². The largest absolute Gasteiger partial charge is 0.373 e. The van der Waals surface area contributed by atoms with Crippen molar-refractivity contribution in [2.24, 2.45) is 0 Å². The van der Waals surface area contributed by atoms with Crippen LogP contribution in [0.1, 0.15) is 35.8 Å². The molecule has 3 nitrogen and oxygen atoms in total. The van der Waals surface area contributed by atoms with Crippen LogP contribution in [0.2, 0.25) is 5.15 Å². The van der Waals surface area contributed by atoms with Gasteiger partial charge in [0.25, 0.3) is 0 Å². The van der Waals surface area contributed by atoms with Gasteiger partial charge < -0.3 is 4.74 Å². The first-order chi connectivity index (χ1) is 9.70. The van der Waals surface area contributed by atoms with Gasteiger partial charge in [0.05, 0.1) is 12.7 Å². The molecule has 0 bridgehead atoms. The number of aromatic nitrogens is 2. The van der Waals surface area contributed by atoms with Crippen molar-refractivity contribution in [2.75, 3.05) is 0 Å². The van der Waals surface area contributed by atoms with Crippen molar-refractivity contribution in [3.63, 3.8) is 0 Å². The standard InChI is InChI=1S/C16H17ClN2O/c1-11-18-15(9-16(17)19-11)13-7-14(8-13)20-10-12-5-3-2-4-6-12/h2-6,9,13-14H,7-8,10H2,1H3/t13-,14+. The molecule has 0 atom stereocenters. The number of ether oxygens (including phenoxy) is 1. The SMILES string of the molecule is Cc1nc(Cl)cc([C@H]2C[C@@H](OCc3ccccc3)C2)n1. The Hall–Kier alpha value is -1.45. The lowest BCUT2D eigenvalue weighted by Gasteiger charge is -2.34. The quantitative estimate of drug-likeness (QED) is 0.800. The zero-order valence-electron chi connectivity index (χ0n) is 11.4. The summed E-state index contributed by atoms with van der Waals surface area (Å²) in [6.45, 7) is 2.55. The lowest BCUT2D eigenvalue weighted by Crippen LogP contribution is -2.30. The predicted molar refractivity (Wildman–Crippen MR) is 78.8 cm³/mol. The highest BCUT2D eigenvalue weighted by molar-refractivity contribution is 6.29. The van der Waals surface area contributed by atoms with Gasteiger partial charge in [-0.25, -0.2) is 9.97 Å². The van der Waals surface area contributed by atoms with E-state index in [2.05, 4.69) is 22.1 Å². The Bertz CT molecular complexity index is 562. The van der Waals surface area contributed by atoms with Crippen LogP contribution in [-0.2, 0) is 11.3 Å². The van der Waals surface area contributed by atoms with Crippen LogP contribution in [0.3, 0.4) is 0 Å². The molecule has 2 aromatic rings. The van der Waals surface area contributed by atoms with E-state index >= 15 is 0 Å². The first-order valence-corrected chi connectivity index (χ1v) is 7.25. The molecule has 1 aromatic carbocycles. The summed E-state index contributed by atoms with van der Waals surface area (Å²) >= 11 is 5.97. The molecule has 1 aliphatic carbocycles. The molecule has 4 heteroatoms. The fourth-order valence-electron chi connectivity index (χ4n) is 2.49. The first-order valence-electron chi connectivity index (χ1n) is 6.87. The summed E-state index contributed by atoms with van der Waals surface area (Å²) in [5.74, 6) is 1.19. The van der Waals surface area contributed by atoms with Gasteiger partial charge in [-0.3, -0.25) is 0 Å². The van der Waals surface area contributed by atoms with Crippen LogP contribution in [0.4, 0.5) is 0 Å². The number of halogens is 1. The maximum Gasteiger partial charge on any atom is 0.133 e. The Balaban J connectivity index is 1.51. The molecule has 0 saturated heterocycles. The minimum absolute atomic E-state index is 0.328. The third-order valence-electron chi connectivity index (χ3n) is 3.67. The topological polar surface area (TPSA) is 35.0 Å². The average Bonchev–Trinajstić information content (AvgIpc) is 2.37. The van der Waals surface area contributed by atoms with E-state index in [-0.39, 0.29) is 0 Å². The van der Waals surface area contributed by atoms with Gasteiger partial charge in [-0.05, 0) is 31.4 Å². The second-order valence-corrected chi connectivity index (χ2v) is 5.64. The Kier molecular flexibility index (Phi) is 3.99. The van der Waals surface area contributed by atoms with Crippen molar-refractivity contribution >= 4 is 11.6 Å². The Labute approximate surface area is 124 Å². The van der Waals surface area contributed by atoms with Gasteiger partial charge >= 0.3 is 0 Å². The number of hydrogen-bond acceptors (Lipinski definition) is 3. The highest BCUT2D eigenvalue weighted by atomic mass is 35.5. The van der Waals surface area contributed by atoms with Crippen LogP contribution in [0.25, 0.3) is 0 Å². The number of hydrogen-bond donors (Lipinski definition) is 0. The molecule has 1 aromatic heterocycles. The zero-order valence-corrected chi connectivity index (χ0v) is 12.2. The van der Waals surface area contributed by atoms with Crippen LogP contribution >= 0.6 is 11.6 Å². The van der Waals surface area contributed by atoms with Crippen LogP contribution < -0.4 is 0 Å². The molecule has 1 heterocycles. The van der Waals surface area contributed by atoms with E-state index < -0.39 is 0 Å². The maximum atomic E-state index is 5.97. The van der Waals surface area contributed by atoms with Gasteiger partial charge in [0.2, 0.25) is 0 Å². The number of aryl methyl sites for hydroxylation is 1. The summed E-state index contributed by atoms with van der Waals surface area (Å²) in [6.07, 6.45) is 2.36. The van der Waals surface area contributed by atoms with E-state index in [9.17, 15) is 0 Å². The summed E-state index contributed by atoms with van der Waals surface area (Å²) in [5, 5.41) is 0.529. The van der Waals surface area contributed by atoms with E-state index in [1.807, 2.05) is 31.2 Å².